The fourth-order valence-corrected chi connectivity index (χ4v) is 3.09. The van der Waals surface area contributed by atoms with E-state index in [9.17, 15) is 26.4 Å². The van der Waals surface area contributed by atoms with Crippen molar-refractivity contribution in [1.29, 1.82) is 0 Å². The molecule has 1 aliphatic rings. The Hall–Kier alpha value is -0.830. The maximum atomic E-state index is 12.4. The Kier molecular flexibility index (Phi) is 4.26. The molecule has 5 nitrogen and oxygen atoms in total. The van der Waals surface area contributed by atoms with Gasteiger partial charge in [0.2, 0.25) is 0 Å². The van der Waals surface area contributed by atoms with Crippen LogP contribution in [0.4, 0.5) is 13.2 Å². The molecule has 0 radical (unpaired) electrons. The molecule has 0 amide bonds. The molecule has 0 unspecified atom stereocenters. The quantitative estimate of drug-likeness (QED) is 0.730. The number of rotatable bonds is 3. The summed E-state index contributed by atoms with van der Waals surface area (Å²) in [4.78, 5) is 10.6. The summed E-state index contributed by atoms with van der Waals surface area (Å²) in [5.41, 5.74) is -5.33. The molecule has 1 rings (SSSR count). The maximum Gasteiger partial charge on any atom is 0.511 e. The molecule has 0 bridgehead atoms. The van der Waals surface area contributed by atoms with Gasteiger partial charge in [0.1, 0.15) is 6.61 Å². The molecule has 106 valence electrons. The molecule has 1 aliphatic heterocycles. The minimum Gasteiger partial charge on any atom is -0.464 e. The van der Waals surface area contributed by atoms with Crippen LogP contribution >= 0.6 is 0 Å². The van der Waals surface area contributed by atoms with Gasteiger partial charge in [0.15, 0.2) is 0 Å². The monoisotopic (exact) mass is 289 g/mol. The lowest BCUT2D eigenvalue weighted by Gasteiger charge is -2.26. The van der Waals surface area contributed by atoms with Gasteiger partial charge in [0.05, 0.1) is 6.04 Å². The minimum absolute atomic E-state index is 0.213. The summed E-state index contributed by atoms with van der Waals surface area (Å²) in [5.74, 6) is -0.945. The second kappa shape index (κ2) is 5.04. The third-order valence-electron chi connectivity index (χ3n) is 2.89. The van der Waals surface area contributed by atoms with Gasteiger partial charge in [-0.2, -0.15) is 17.5 Å². The highest BCUT2D eigenvalue weighted by molar-refractivity contribution is 7.90. The van der Waals surface area contributed by atoms with Crippen LogP contribution in [0.5, 0.6) is 0 Å². The van der Waals surface area contributed by atoms with E-state index < -0.39 is 27.5 Å². The second-order valence-corrected chi connectivity index (χ2v) is 6.08. The number of hydrogen-bond acceptors (Lipinski definition) is 4. The van der Waals surface area contributed by atoms with Crippen LogP contribution in [-0.4, -0.2) is 43.4 Å². The van der Waals surface area contributed by atoms with E-state index >= 15 is 0 Å². The summed E-state index contributed by atoms with van der Waals surface area (Å²) in [6.45, 7) is 2.17. The number of carbonyl (C=O) groups excluding carboxylic acids is 1. The first-order valence-corrected chi connectivity index (χ1v) is 6.73. The highest BCUT2D eigenvalue weighted by Gasteiger charge is 2.54. The zero-order chi connectivity index (χ0) is 14.1. The van der Waals surface area contributed by atoms with E-state index in [-0.39, 0.29) is 19.1 Å². The molecule has 18 heavy (non-hydrogen) atoms. The summed E-state index contributed by atoms with van der Waals surface area (Å²) in [6, 6.07) is -0.958. The van der Waals surface area contributed by atoms with Crippen LogP contribution in [0.15, 0.2) is 0 Å². The lowest BCUT2D eigenvalue weighted by atomic mass is 10.0. The van der Waals surface area contributed by atoms with E-state index in [1.807, 2.05) is 0 Å². The Morgan fingerprint density at radius 1 is 1.44 bits per heavy atom. The standard InChI is InChI=1S/C9H14F3NO4S/c1-6-3-4-13(8(6)5-17-7(2)14)18(15,16)9(10,11)12/h6,8H,3-5H2,1-2H3/t6-,8+/m0/s1. The van der Waals surface area contributed by atoms with Crippen molar-refractivity contribution in [2.24, 2.45) is 5.92 Å². The Morgan fingerprint density at radius 2 is 2.00 bits per heavy atom. The molecule has 0 N–H and O–H groups in total. The summed E-state index contributed by atoms with van der Waals surface area (Å²) >= 11 is 0. The van der Waals surface area contributed by atoms with Crippen molar-refractivity contribution in [3.8, 4) is 0 Å². The van der Waals surface area contributed by atoms with Crippen LogP contribution in [0.3, 0.4) is 0 Å². The zero-order valence-corrected chi connectivity index (χ0v) is 10.7. The Morgan fingerprint density at radius 3 is 2.44 bits per heavy atom. The van der Waals surface area contributed by atoms with Crippen molar-refractivity contribution in [3.63, 3.8) is 0 Å². The molecule has 2 atom stereocenters. The number of sulfonamides is 1. The first-order chi connectivity index (χ1) is 8.07. The van der Waals surface area contributed by atoms with Gasteiger partial charge in [0, 0.05) is 13.5 Å². The molecule has 1 heterocycles. The first-order valence-electron chi connectivity index (χ1n) is 5.29. The van der Waals surface area contributed by atoms with E-state index in [1.165, 1.54) is 0 Å². The summed E-state index contributed by atoms with van der Waals surface area (Å²) in [6.07, 6.45) is 0.307. The number of hydrogen-bond donors (Lipinski definition) is 0. The van der Waals surface area contributed by atoms with Gasteiger partial charge in [-0.15, -0.1) is 0 Å². The molecule has 0 aromatic heterocycles. The number of carbonyl (C=O) groups is 1. The van der Waals surface area contributed by atoms with E-state index in [4.69, 9.17) is 0 Å². The van der Waals surface area contributed by atoms with Crippen LogP contribution in [0.2, 0.25) is 0 Å². The first kappa shape index (κ1) is 15.2. The molecule has 1 saturated heterocycles. The van der Waals surface area contributed by atoms with Crippen LogP contribution < -0.4 is 0 Å². The van der Waals surface area contributed by atoms with Crippen molar-refractivity contribution < 1.29 is 31.1 Å². The number of nitrogens with zero attached hydrogens (tertiary/aromatic N) is 1. The third-order valence-corrected chi connectivity index (χ3v) is 4.55. The Balaban J connectivity index is 2.91. The van der Waals surface area contributed by atoms with Crippen molar-refractivity contribution in [1.82, 2.24) is 4.31 Å². The van der Waals surface area contributed by atoms with Crippen LogP contribution in [-0.2, 0) is 19.6 Å². The summed E-state index contributed by atoms with van der Waals surface area (Å²) in [7, 11) is -5.36. The number of halogens is 3. The molecule has 0 spiro atoms. The molecular weight excluding hydrogens is 275 g/mol. The van der Waals surface area contributed by atoms with E-state index in [0.717, 1.165) is 6.92 Å². The number of ether oxygens (including phenoxy) is 1. The van der Waals surface area contributed by atoms with E-state index in [0.29, 0.717) is 10.7 Å². The fraction of sp³-hybridized carbons (Fsp3) is 0.889. The average molecular weight is 289 g/mol. The molecule has 1 fully saturated rings. The van der Waals surface area contributed by atoms with Crippen molar-refractivity contribution in [2.75, 3.05) is 13.2 Å². The minimum atomic E-state index is -5.36. The fourth-order valence-electron chi connectivity index (χ4n) is 1.85. The largest absolute Gasteiger partial charge is 0.511 e. The lowest BCUT2D eigenvalue weighted by Crippen LogP contribution is -2.46. The smallest absolute Gasteiger partial charge is 0.464 e. The molecular formula is C9H14F3NO4S. The molecule has 0 aromatic carbocycles. The van der Waals surface area contributed by atoms with Gasteiger partial charge in [-0.1, -0.05) is 6.92 Å². The highest BCUT2D eigenvalue weighted by atomic mass is 32.2. The van der Waals surface area contributed by atoms with E-state index in [2.05, 4.69) is 4.74 Å². The predicted molar refractivity (Wildman–Crippen MR) is 55.9 cm³/mol. The molecule has 0 aromatic rings. The van der Waals surface area contributed by atoms with Gasteiger partial charge < -0.3 is 4.74 Å². The Labute approximate surface area is 103 Å². The van der Waals surface area contributed by atoms with Gasteiger partial charge in [-0.25, -0.2) is 8.42 Å². The van der Waals surface area contributed by atoms with Crippen LogP contribution in [0.25, 0.3) is 0 Å². The summed E-state index contributed by atoms with van der Waals surface area (Å²) < 4.78 is 65.0. The van der Waals surface area contributed by atoms with E-state index in [1.54, 1.807) is 6.92 Å². The van der Waals surface area contributed by atoms with Crippen molar-refractivity contribution in [3.05, 3.63) is 0 Å². The van der Waals surface area contributed by atoms with Gasteiger partial charge in [-0.3, -0.25) is 4.79 Å². The number of esters is 1. The second-order valence-electron chi connectivity index (χ2n) is 4.20. The zero-order valence-electron chi connectivity index (χ0n) is 9.90. The molecule has 9 heteroatoms. The molecule has 0 aliphatic carbocycles. The normalized spacial score (nSPS) is 26.3. The predicted octanol–water partition coefficient (Wildman–Crippen LogP) is 1.11. The van der Waals surface area contributed by atoms with Gasteiger partial charge >= 0.3 is 21.5 Å². The average Bonchev–Trinajstić information content (AvgIpc) is 2.55. The maximum absolute atomic E-state index is 12.4. The van der Waals surface area contributed by atoms with Crippen LogP contribution in [0, 0.1) is 5.92 Å². The van der Waals surface area contributed by atoms with Crippen LogP contribution in [0.1, 0.15) is 20.3 Å². The SMILES string of the molecule is CC(=O)OC[C@@H]1[C@@H](C)CCN1S(=O)(=O)C(F)(F)F. The summed E-state index contributed by atoms with van der Waals surface area (Å²) in [5, 5.41) is 0. The Bertz CT molecular complexity index is 420. The molecule has 0 saturated carbocycles. The third kappa shape index (κ3) is 2.94. The lowest BCUT2D eigenvalue weighted by molar-refractivity contribution is -0.142. The van der Waals surface area contributed by atoms with Gasteiger partial charge in [0.25, 0.3) is 0 Å². The van der Waals surface area contributed by atoms with Gasteiger partial charge in [-0.05, 0) is 12.3 Å². The van der Waals surface area contributed by atoms with Crippen molar-refractivity contribution in [2.45, 2.75) is 31.8 Å². The highest BCUT2D eigenvalue weighted by Crippen LogP contribution is 2.34. The number of alkyl halides is 3. The van der Waals surface area contributed by atoms with Crippen molar-refractivity contribution >= 4 is 16.0 Å². The topological polar surface area (TPSA) is 63.7 Å².